The normalized spacial score (nSPS) is 19.8. The number of nitrogens with one attached hydrogen (secondary N) is 1. The van der Waals surface area contributed by atoms with Crippen LogP contribution in [0.3, 0.4) is 0 Å². The number of guanidine groups is 1. The van der Waals surface area contributed by atoms with E-state index in [0.29, 0.717) is 36.1 Å². The van der Waals surface area contributed by atoms with Crippen molar-refractivity contribution < 1.29 is 28.5 Å². The van der Waals surface area contributed by atoms with Crippen LogP contribution in [0.15, 0.2) is 47.5 Å². The minimum Gasteiger partial charge on any atom is -0.497 e. The lowest BCUT2D eigenvalue weighted by molar-refractivity contribution is -0.153. The van der Waals surface area contributed by atoms with E-state index in [-0.39, 0.29) is 6.61 Å². The van der Waals surface area contributed by atoms with E-state index in [0.717, 1.165) is 24.5 Å². The molecule has 2 heterocycles. The summed E-state index contributed by atoms with van der Waals surface area (Å²) in [6.45, 7) is 4.68. The van der Waals surface area contributed by atoms with Crippen LogP contribution < -0.4 is 24.4 Å². The first-order valence-corrected chi connectivity index (χ1v) is 11.9. The molecule has 0 saturated carbocycles. The molecule has 1 saturated heterocycles. The molecular formula is C26H32N4O6. The maximum absolute atomic E-state index is 13.2. The summed E-state index contributed by atoms with van der Waals surface area (Å²) in [5.74, 6) is 0.143. The van der Waals surface area contributed by atoms with Crippen molar-refractivity contribution >= 4 is 23.5 Å². The van der Waals surface area contributed by atoms with Gasteiger partial charge in [0.05, 0.1) is 27.9 Å². The van der Waals surface area contributed by atoms with Crippen LogP contribution in [-0.2, 0) is 14.3 Å². The average Bonchev–Trinajstić information content (AvgIpc) is 2.92. The number of hydrogen-bond acceptors (Lipinski definition) is 9. The molecule has 1 N–H and O–H groups in total. The summed E-state index contributed by atoms with van der Waals surface area (Å²) in [5, 5.41) is 2.84. The molecule has 1 amide bonds. The average molecular weight is 497 g/mol. The number of amides is 1. The van der Waals surface area contributed by atoms with Gasteiger partial charge in [-0.1, -0.05) is 0 Å². The summed E-state index contributed by atoms with van der Waals surface area (Å²) >= 11 is 0. The minimum absolute atomic E-state index is 0.166. The molecule has 2 aromatic carbocycles. The number of carbonyl (C=O) groups is 2. The van der Waals surface area contributed by atoms with Crippen molar-refractivity contribution in [1.82, 2.24) is 10.2 Å². The number of anilines is 1. The summed E-state index contributed by atoms with van der Waals surface area (Å²) in [7, 11) is 4.74. The van der Waals surface area contributed by atoms with E-state index in [1.807, 2.05) is 29.2 Å². The molecule has 10 nitrogen and oxygen atoms in total. The zero-order valence-corrected chi connectivity index (χ0v) is 21.0. The second kappa shape index (κ2) is 11.2. The monoisotopic (exact) mass is 496 g/mol. The Kier molecular flexibility index (Phi) is 7.82. The molecule has 0 bridgehead atoms. The Labute approximate surface area is 210 Å². The number of esters is 1. The molecule has 2 aliphatic heterocycles. The lowest BCUT2D eigenvalue weighted by Gasteiger charge is -2.39. The van der Waals surface area contributed by atoms with Gasteiger partial charge in [0.1, 0.15) is 23.3 Å². The fourth-order valence-corrected chi connectivity index (χ4v) is 4.48. The Morgan fingerprint density at radius 1 is 0.944 bits per heavy atom. The van der Waals surface area contributed by atoms with Gasteiger partial charge in [-0.2, -0.15) is 0 Å². The maximum Gasteiger partial charge on any atom is 0.321 e. The highest BCUT2D eigenvalue weighted by Crippen LogP contribution is 2.38. The van der Waals surface area contributed by atoms with Crippen molar-refractivity contribution in [3.63, 3.8) is 0 Å². The first-order chi connectivity index (χ1) is 17.5. The van der Waals surface area contributed by atoms with Crippen molar-refractivity contribution in [1.29, 1.82) is 0 Å². The molecule has 0 aromatic heterocycles. The fraction of sp³-hybridized carbons (Fsp3) is 0.423. The van der Waals surface area contributed by atoms with Gasteiger partial charge in [-0.15, -0.1) is 0 Å². The summed E-state index contributed by atoms with van der Waals surface area (Å²) in [4.78, 5) is 35.2. The van der Waals surface area contributed by atoms with Gasteiger partial charge >= 0.3 is 5.97 Å². The van der Waals surface area contributed by atoms with Gasteiger partial charge in [0.15, 0.2) is 5.92 Å². The van der Waals surface area contributed by atoms with E-state index in [4.69, 9.17) is 23.9 Å². The number of nitrogens with zero attached hydrogens (tertiary/aromatic N) is 3. The van der Waals surface area contributed by atoms with E-state index in [1.54, 1.807) is 39.3 Å². The predicted molar refractivity (Wildman–Crippen MR) is 135 cm³/mol. The Balaban J connectivity index is 1.59. The Bertz CT molecular complexity index is 1110. The largest absolute Gasteiger partial charge is 0.497 e. The molecule has 0 unspecified atom stereocenters. The second-order valence-corrected chi connectivity index (χ2v) is 8.40. The lowest BCUT2D eigenvalue weighted by atomic mass is 9.90. The molecule has 2 atom stereocenters. The van der Waals surface area contributed by atoms with Crippen LogP contribution in [0.25, 0.3) is 0 Å². The highest BCUT2D eigenvalue weighted by molar-refractivity contribution is 6.08. The zero-order chi connectivity index (χ0) is 25.7. The third-order valence-electron chi connectivity index (χ3n) is 6.41. The van der Waals surface area contributed by atoms with E-state index in [9.17, 15) is 9.59 Å². The highest BCUT2D eigenvalue weighted by Gasteiger charge is 2.43. The molecule has 2 aromatic rings. The van der Waals surface area contributed by atoms with Crippen LogP contribution in [0.5, 0.6) is 17.2 Å². The topological polar surface area (TPSA) is 102 Å². The molecule has 0 spiro atoms. The number of hydrogen-bond donors (Lipinski definition) is 1. The van der Waals surface area contributed by atoms with Gasteiger partial charge in [0.25, 0.3) is 0 Å². The Morgan fingerprint density at radius 3 is 2.19 bits per heavy atom. The molecule has 4 rings (SSSR count). The number of ether oxygens (including phenoxy) is 4. The van der Waals surface area contributed by atoms with Crippen LogP contribution in [-0.4, -0.2) is 76.9 Å². The molecule has 1 fully saturated rings. The molecule has 0 aliphatic carbocycles. The Hall–Kier alpha value is -3.95. The van der Waals surface area contributed by atoms with Crippen molar-refractivity contribution in [3.05, 3.63) is 48.0 Å². The van der Waals surface area contributed by atoms with Crippen LogP contribution in [0.1, 0.15) is 18.5 Å². The van der Waals surface area contributed by atoms with Gasteiger partial charge in [0.2, 0.25) is 11.9 Å². The Morgan fingerprint density at radius 2 is 1.58 bits per heavy atom. The lowest BCUT2D eigenvalue weighted by Crippen LogP contribution is -2.57. The third-order valence-corrected chi connectivity index (χ3v) is 6.41. The molecule has 36 heavy (non-hydrogen) atoms. The van der Waals surface area contributed by atoms with Gasteiger partial charge in [-0.05, 0) is 43.3 Å². The first-order valence-electron chi connectivity index (χ1n) is 11.9. The molecule has 0 radical (unpaired) electrons. The smallest absolute Gasteiger partial charge is 0.321 e. The summed E-state index contributed by atoms with van der Waals surface area (Å²) in [5.41, 5.74) is 1.72. The highest BCUT2D eigenvalue weighted by atomic mass is 16.5. The summed E-state index contributed by atoms with van der Waals surface area (Å²) in [6, 6.07) is 12.4. The standard InChI is InChI=1S/C26H32N4O6/c1-5-36-25(32)22-23(20-11-10-19(34-3)16-21(20)35-4)27-26(28-24(22)31)30-14-12-29(13-15-30)17-6-8-18(33-2)9-7-17/h6-11,16,22-23H,5,12-15H2,1-4H3,(H,27,28,31)/t22-,23+/m0/s1. The van der Waals surface area contributed by atoms with Gasteiger partial charge in [-0.25, -0.2) is 4.99 Å². The van der Waals surface area contributed by atoms with Crippen LogP contribution in [0.2, 0.25) is 0 Å². The molecular weight excluding hydrogens is 464 g/mol. The van der Waals surface area contributed by atoms with Gasteiger partial charge in [0, 0.05) is 43.5 Å². The van der Waals surface area contributed by atoms with Gasteiger partial charge in [-0.3, -0.25) is 14.9 Å². The number of benzene rings is 2. The van der Waals surface area contributed by atoms with Gasteiger partial charge < -0.3 is 28.7 Å². The zero-order valence-electron chi connectivity index (χ0n) is 21.0. The van der Waals surface area contributed by atoms with E-state index in [2.05, 4.69) is 10.2 Å². The van der Waals surface area contributed by atoms with Crippen molar-refractivity contribution in [3.8, 4) is 17.2 Å². The summed E-state index contributed by atoms with van der Waals surface area (Å²) in [6.07, 6.45) is 0. The van der Waals surface area contributed by atoms with E-state index >= 15 is 0 Å². The summed E-state index contributed by atoms with van der Waals surface area (Å²) < 4.78 is 21.3. The molecule has 192 valence electrons. The van der Waals surface area contributed by atoms with Crippen LogP contribution in [0, 0.1) is 5.92 Å². The van der Waals surface area contributed by atoms with Crippen LogP contribution >= 0.6 is 0 Å². The molecule has 10 heteroatoms. The number of carbonyl (C=O) groups excluding carboxylic acids is 2. The third kappa shape index (κ3) is 5.17. The van der Waals surface area contributed by atoms with Crippen molar-refractivity contribution in [2.45, 2.75) is 13.0 Å². The van der Waals surface area contributed by atoms with Crippen molar-refractivity contribution in [2.75, 3.05) is 59.0 Å². The number of rotatable bonds is 7. The fourth-order valence-electron chi connectivity index (χ4n) is 4.48. The quantitative estimate of drug-likeness (QED) is 0.460. The maximum atomic E-state index is 13.2. The van der Waals surface area contributed by atoms with E-state index in [1.165, 1.54) is 7.11 Å². The van der Waals surface area contributed by atoms with E-state index < -0.39 is 23.8 Å². The van der Waals surface area contributed by atoms with Crippen molar-refractivity contribution in [2.24, 2.45) is 10.9 Å². The SMILES string of the molecule is CCOC(=O)[C@@H]1C(=O)NC(N2CCN(c3ccc(OC)cc3)CC2)=N[C@@H]1c1ccc(OC)cc1OC. The second-order valence-electron chi connectivity index (χ2n) is 8.40. The minimum atomic E-state index is -1.13. The number of aliphatic imine (C=N–C) groups is 1. The predicted octanol–water partition coefficient (Wildman–Crippen LogP) is 2.24. The number of methoxy groups -OCH3 is 3. The first kappa shape index (κ1) is 25.2. The molecule has 2 aliphatic rings. The number of piperazine rings is 1. The van der Waals surface area contributed by atoms with Crippen LogP contribution in [0.4, 0.5) is 5.69 Å².